The van der Waals surface area contributed by atoms with Crippen molar-refractivity contribution in [2.75, 3.05) is 13.2 Å². The third-order valence-electron chi connectivity index (χ3n) is 8.00. The number of hydrogen-bond donors (Lipinski definition) is 0. The first-order valence-corrected chi connectivity index (χ1v) is 20.9. The molecule has 0 N–H and O–H groups in total. The molecule has 0 saturated heterocycles. The molecule has 1 unspecified atom stereocenters. The van der Waals surface area contributed by atoms with E-state index in [2.05, 4.69) is 130 Å². The van der Waals surface area contributed by atoms with Gasteiger partial charge in [0.05, 0.1) is 0 Å². The number of carbonyl (C=O) groups is 3. The van der Waals surface area contributed by atoms with Crippen molar-refractivity contribution < 1.29 is 28.6 Å². The number of ether oxygens (including phenoxy) is 3. The van der Waals surface area contributed by atoms with Crippen LogP contribution in [-0.4, -0.2) is 37.2 Å². The van der Waals surface area contributed by atoms with Gasteiger partial charge in [-0.1, -0.05) is 137 Å². The molecule has 54 heavy (non-hydrogen) atoms. The fraction of sp³-hybridized carbons (Fsp3) is 0.562. The molecule has 302 valence electrons. The Morgan fingerprint density at radius 2 is 0.685 bits per heavy atom. The molecule has 0 saturated carbocycles. The maximum absolute atomic E-state index is 12.6. The summed E-state index contributed by atoms with van der Waals surface area (Å²) in [6.45, 7) is 6.12. The normalized spacial score (nSPS) is 13.2. The predicted octanol–water partition coefficient (Wildman–Crippen LogP) is 13.2. The van der Waals surface area contributed by atoms with Crippen LogP contribution in [0.2, 0.25) is 0 Å². The Hall–Kier alpha value is -3.93. The molecule has 0 rings (SSSR count). The summed E-state index contributed by atoms with van der Waals surface area (Å²) in [4.78, 5) is 37.5. The zero-order chi connectivity index (χ0) is 39.4. The summed E-state index contributed by atoms with van der Waals surface area (Å²) < 4.78 is 16.5. The van der Waals surface area contributed by atoms with Gasteiger partial charge in [0.25, 0.3) is 0 Å². The third kappa shape index (κ3) is 39.3. The van der Waals surface area contributed by atoms with Gasteiger partial charge in [0, 0.05) is 19.3 Å². The SMILES string of the molecule is CC/C=C\C/C=C\C/C=C\C/C=C\CCCCCC(=O)OCC(COC(=O)CCCC/C=C\C/C=C\CC)OC(=O)CCC/C=C\C/C=C\C/C=C\CC. The second-order valence-corrected chi connectivity index (χ2v) is 13.1. The maximum atomic E-state index is 12.6. The molecule has 1 atom stereocenters. The summed E-state index contributed by atoms with van der Waals surface area (Å²) in [5, 5.41) is 0. The Kier molecular flexibility index (Phi) is 38.8. The predicted molar refractivity (Wildman–Crippen MR) is 228 cm³/mol. The Morgan fingerprint density at radius 3 is 1.09 bits per heavy atom. The summed E-state index contributed by atoms with van der Waals surface area (Å²) in [5.74, 6) is -1.07. The van der Waals surface area contributed by atoms with Crippen LogP contribution in [0.1, 0.15) is 156 Å². The van der Waals surface area contributed by atoms with Gasteiger partial charge in [-0.25, -0.2) is 0 Å². The van der Waals surface area contributed by atoms with Crippen molar-refractivity contribution in [2.45, 2.75) is 162 Å². The average Bonchev–Trinajstić information content (AvgIpc) is 3.17. The molecule has 0 aliphatic carbocycles. The van der Waals surface area contributed by atoms with E-state index < -0.39 is 6.10 Å². The highest BCUT2D eigenvalue weighted by Gasteiger charge is 2.19. The Bertz CT molecular complexity index is 1180. The van der Waals surface area contributed by atoms with E-state index in [0.717, 1.165) is 109 Å². The van der Waals surface area contributed by atoms with Gasteiger partial charge in [-0.15, -0.1) is 0 Å². The number of carbonyl (C=O) groups excluding carboxylic acids is 3. The van der Waals surface area contributed by atoms with E-state index in [-0.39, 0.29) is 37.5 Å². The van der Waals surface area contributed by atoms with Gasteiger partial charge in [-0.05, 0) is 109 Å². The number of unbranched alkanes of at least 4 members (excludes halogenated alkanes) is 6. The fourth-order valence-electron chi connectivity index (χ4n) is 4.96. The van der Waals surface area contributed by atoms with Crippen LogP contribution in [-0.2, 0) is 28.6 Å². The molecule has 0 aromatic carbocycles. The highest BCUT2D eigenvalue weighted by Crippen LogP contribution is 2.09. The van der Waals surface area contributed by atoms with E-state index in [0.29, 0.717) is 19.3 Å². The molecule has 0 radical (unpaired) electrons. The lowest BCUT2D eigenvalue weighted by atomic mass is 10.1. The number of hydrogen-bond acceptors (Lipinski definition) is 6. The summed E-state index contributed by atoms with van der Waals surface area (Å²) in [6.07, 6.45) is 55.2. The van der Waals surface area contributed by atoms with Crippen LogP contribution >= 0.6 is 0 Å². The van der Waals surface area contributed by atoms with E-state index in [1.54, 1.807) is 0 Å². The van der Waals surface area contributed by atoms with E-state index >= 15 is 0 Å². The quantitative estimate of drug-likeness (QED) is 0.0278. The highest BCUT2D eigenvalue weighted by molar-refractivity contribution is 5.71. The number of allylic oxidation sites excluding steroid dienone is 18. The van der Waals surface area contributed by atoms with Crippen molar-refractivity contribution >= 4 is 17.9 Å². The molecule has 0 fully saturated rings. The number of rotatable bonds is 35. The van der Waals surface area contributed by atoms with Gasteiger partial charge in [-0.3, -0.25) is 14.4 Å². The van der Waals surface area contributed by atoms with Gasteiger partial charge in [0.1, 0.15) is 13.2 Å². The lowest BCUT2D eigenvalue weighted by molar-refractivity contribution is -0.167. The van der Waals surface area contributed by atoms with Crippen LogP contribution in [0.3, 0.4) is 0 Å². The van der Waals surface area contributed by atoms with Gasteiger partial charge >= 0.3 is 17.9 Å². The summed E-state index contributed by atoms with van der Waals surface area (Å²) >= 11 is 0. The molecule has 0 aromatic rings. The van der Waals surface area contributed by atoms with Crippen LogP contribution in [0.25, 0.3) is 0 Å². The van der Waals surface area contributed by atoms with Crippen molar-refractivity contribution in [3.63, 3.8) is 0 Å². The van der Waals surface area contributed by atoms with Crippen LogP contribution in [0.15, 0.2) is 109 Å². The van der Waals surface area contributed by atoms with Crippen molar-refractivity contribution in [1.29, 1.82) is 0 Å². The molecule has 6 nitrogen and oxygen atoms in total. The van der Waals surface area contributed by atoms with Gasteiger partial charge < -0.3 is 14.2 Å². The monoisotopic (exact) mass is 747 g/mol. The van der Waals surface area contributed by atoms with Crippen LogP contribution in [0, 0.1) is 0 Å². The fourth-order valence-corrected chi connectivity index (χ4v) is 4.96. The molecular weight excluding hydrogens is 673 g/mol. The van der Waals surface area contributed by atoms with E-state index in [1.165, 1.54) is 0 Å². The minimum Gasteiger partial charge on any atom is -0.462 e. The molecule has 0 aliphatic rings. The van der Waals surface area contributed by atoms with Gasteiger partial charge in [-0.2, -0.15) is 0 Å². The zero-order valence-corrected chi connectivity index (χ0v) is 34.2. The van der Waals surface area contributed by atoms with Crippen molar-refractivity contribution in [3.05, 3.63) is 109 Å². The highest BCUT2D eigenvalue weighted by atomic mass is 16.6. The summed E-state index contributed by atoms with van der Waals surface area (Å²) in [6, 6.07) is 0. The van der Waals surface area contributed by atoms with Gasteiger partial charge in [0.15, 0.2) is 6.10 Å². The zero-order valence-electron chi connectivity index (χ0n) is 34.2. The van der Waals surface area contributed by atoms with Crippen LogP contribution in [0.5, 0.6) is 0 Å². The largest absolute Gasteiger partial charge is 0.462 e. The average molecular weight is 747 g/mol. The van der Waals surface area contributed by atoms with Crippen molar-refractivity contribution in [1.82, 2.24) is 0 Å². The van der Waals surface area contributed by atoms with Crippen LogP contribution < -0.4 is 0 Å². The van der Waals surface area contributed by atoms with Gasteiger partial charge in [0.2, 0.25) is 0 Å². The van der Waals surface area contributed by atoms with Crippen molar-refractivity contribution in [3.8, 4) is 0 Å². The van der Waals surface area contributed by atoms with Crippen molar-refractivity contribution in [2.24, 2.45) is 0 Å². The minimum atomic E-state index is -0.829. The Labute approximate surface area is 330 Å². The second kappa shape index (κ2) is 41.8. The number of esters is 3. The first kappa shape index (κ1) is 50.1. The molecule has 0 heterocycles. The molecular formula is C48H74O6. The first-order valence-electron chi connectivity index (χ1n) is 20.9. The molecule has 6 heteroatoms. The molecule has 0 amide bonds. The second-order valence-electron chi connectivity index (χ2n) is 13.1. The maximum Gasteiger partial charge on any atom is 0.306 e. The summed E-state index contributed by atoms with van der Waals surface area (Å²) in [7, 11) is 0. The summed E-state index contributed by atoms with van der Waals surface area (Å²) in [5.41, 5.74) is 0. The molecule has 0 aliphatic heterocycles. The van der Waals surface area contributed by atoms with E-state index in [9.17, 15) is 14.4 Å². The smallest absolute Gasteiger partial charge is 0.306 e. The standard InChI is InChI=1S/C48H74O6/c1-4-7-10-13-16-19-21-22-23-24-25-27-29-32-35-38-41-47(50)53-44-45(43-52-46(49)40-37-34-31-28-18-15-12-9-6-3)54-48(51)42-39-36-33-30-26-20-17-14-11-8-5-2/h7-12,16-20,22-23,25,27-28,30,33,45H,4-6,13-15,21,24,26,29,31-32,34-44H2,1-3H3/b10-7-,11-8-,12-9-,19-16-,20-17-,23-22-,27-25-,28-18-,33-30-. The minimum absolute atomic E-state index is 0.128. The molecule has 0 spiro atoms. The first-order chi connectivity index (χ1) is 26.5. The topological polar surface area (TPSA) is 78.9 Å². The lowest BCUT2D eigenvalue weighted by Gasteiger charge is -2.18. The van der Waals surface area contributed by atoms with E-state index in [4.69, 9.17) is 14.2 Å². The molecule has 0 bridgehead atoms. The lowest BCUT2D eigenvalue weighted by Crippen LogP contribution is -2.30. The van der Waals surface area contributed by atoms with Crippen LogP contribution in [0.4, 0.5) is 0 Å². The molecule has 0 aromatic heterocycles. The third-order valence-corrected chi connectivity index (χ3v) is 8.00. The Balaban J connectivity index is 4.53. The Morgan fingerprint density at radius 1 is 0.370 bits per heavy atom. The van der Waals surface area contributed by atoms with E-state index in [1.807, 2.05) is 0 Å².